The van der Waals surface area contributed by atoms with Gasteiger partial charge in [-0.25, -0.2) is 0 Å². The Morgan fingerprint density at radius 2 is 2.04 bits per heavy atom. The highest BCUT2D eigenvalue weighted by Crippen LogP contribution is 2.28. The van der Waals surface area contributed by atoms with Crippen LogP contribution in [0.3, 0.4) is 0 Å². The Morgan fingerprint density at radius 1 is 1.33 bits per heavy atom. The molecule has 132 valence electrons. The van der Waals surface area contributed by atoms with E-state index in [0.29, 0.717) is 10.6 Å². The van der Waals surface area contributed by atoms with Crippen LogP contribution in [0.15, 0.2) is 36.9 Å². The normalized spacial score (nSPS) is 11.4. The zero-order valence-electron chi connectivity index (χ0n) is 13.6. The topological polar surface area (TPSA) is 38.8 Å². The minimum Gasteiger partial charge on any atom is -0.493 e. The first-order valence-electron chi connectivity index (χ1n) is 7.19. The lowest BCUT2D eigenvalue weighted by Gasteiger charge is -2.22. The molecule has 0 radical (unpaired) electrons. The molecule has 0 spiro atoms. The Balaban J connectivity index is 2.79. The molecule has 1 aromatic rings. The van der Waals surface area contributed by atoms with E-state index in [2.05, 4.69) is 6.58 Å². The summed E-state index contributed by atoms with van der Waals surface area (Å²) in [5.41, 5.74) is 0.874. The van der Waals surface area contributed by atoms with Crippen molar-refractivity contribution in [1.82, 2.24) is 4.90 Å². The van der Waals surface area contributed by atoms with E-state index < -0.39 is 25.2 Å². The predicted octanol–water partition coefficient (Wildman–Crippen LogP) is 3.68. The number of allylic oxidation sites excluding steroid dienone is 1. The van der Waals surface area contributed by atoms with Crippen LogP contribution in [0.4, 0.5) is 13.2 Å². The van der Waals surface area contributed by atoms with Gasteiger partial charge < -0.3 is 14.4 Å². The molecule has 0 N–H and O–H groups in total. The van der Waals surface area contributed by atoms with Crippen LogP contribution >= 0.6 is 0 Å². The fourth-order valence-electron chi connectivity index (χ4n) is 1.96. The summed E-state index contributed by atoms with van der Waals surface area (Å²) in [6.45, 7) is 3.14. The summed E-state index contributed by atoms with van der Waals surface area (Å²) in [7, 11) is 1.44. The third kappa shape index (κ3) is 6.36. The number of hydrogen-bond acceptors (Lipinski definition) is 3. The first-order valence-corrected chi connectivity index (χ1v) is 7.19. The number of hydrogen-bond donors (Lipinski definition) is 0. The molecule has 24 heavy (non-hydrogen) atoms. The summed E-state index contributed by atoms with van der Waals surface area (Å²) in [4.78, 5) is 12.6. The number of methoxy groups -OCH3 is 1. The summed E-state index contributed by atoms with van der Waals surface area (Å²) in [5, 5.41) is 0. The largest absolute Gasteiger partial charge is 0.493 e. The molecule has 0 saturated carbocycles. The number of nitrogens with zero attached hydrogens (tertiary/aromatic N) is 1. The van der Waals surface area contributed by atoms with Crippen molar-refractivity contribution in [3.8, 4) is 11.5 Å². The second kappa shape index (κ2) is 9.00. The van der Waals surface area contributed by atoms with E-state index in [0.717, 1.165) is 5.56 Å². The van der Waals surface area contributed by atoms with Gasteiger partial charge in [-0.2, -0.15) is 13.2 Å². The standard InChI is InChI=1S/C17H20F3NO3/c1-4-6-13-7-8-14(15(10-13)23-3)24-11-16(22)21(9-5-2)12-17(18,19)20/h4-8,10H,2,9,11-12H2,1,3H3/b6-4+. The Hall–Kier alpha value is -2.44. The molecule has 0 heterocycles. The van der Waals surface area contributed by atoms with Gasteiger partial charge in [0.2, 0.25) is 0 Å². The van der Waals surface area contributed by atoms with E-state index >= 15 is 0 Å². The molecule has 0 atom stereocenters. The summed E-state index contributed by atoms with van der Waals surface area (Å²) >= 11 is 0. The first-order chi connectivity index (χ1) is 11.3. The van der Waals surface area contributed by atoms with Crippen LogP contribution in [-0.2, 0) is 4.79 Å². The van der Waals surface area contributed by atoms with E-state index in [9.17, 15) is 18.0 Å². The number of carbonyl (C=O) groups is 1. The summed E-state index contributed by atoms with van der Waals surface area (Å²) in [5.74, 6) is -0.110. The molecule has 0 aliphatic heterocycles. The molecule has 1 amide bonds. The number of carbonyl (C=O) groups excluding carboxylic acids is 1. The maximum absolute atomic E-state index is 12.5. The Morgan fingerprint density at radius 3 is 2.58 bits per heavy atom. The molecule has 7 heteroatoms. The molecule has 1 rings (SSSR count). The van der Waals surface area contributed by atoms with E-state index in [-0.39, 0.29) is 12.3 Å². The molecule has 0 fully saturated rings. The second-order valence-electron chi connectivity index (χ2n) is 4.88. The first kappa shape index (κ1) is 19.6. The van der Waals surface area contributed by atoms with Crippen molar-refractivity contribution >= 4 is 12.0 Å². The lowest BCUT2D eigenvalue weighted by molar-refractivity contribution is -0.161. The zero-order chi connectivity index (χ0) is 18.2. The minimum atomic E-state index is -4.48. The van der Waals surface area contributed by atoms with E-state index in [1.54, 1.807) is 18.2 Å². The van der Waals surface area contributed by atoms with Gasteiger partial charge in [0.15, 0.2) is 18.1 Å². The Bertz CT molecular complexity index is 597. The van der Waals surface area contributed by atoms with Crippen molar-refractivity contribution in [2.24, 2.45) is 0 Å². The van der Waals surface area contributed by atoms with Crippen LogP contribution in [0, 0.1) is 0 Å². The summed E-state index contributed by atoms with van der Waals surface area (Å²) in [6.07, 6.45) is 0.455. The zero-order valence-corrected chi connectivity index (χ0v) is 13.6. The van der Waals surface area contributed by atoms with Crippen molar-refractivity contribution in [2.45, 2.75) is 13.1 Å². The highest BCUT2D eigenvalue weighted by Gasteiger charge is 2.32. The third-order valence-corrected chi connectivity index (χ3v) is 2.97. The SMILES string of the molecule is C=CCN(CC(F)(F)F)C(=O)COc1ccc(/C=C/C)cc1OC. The second-order valence-corrected chi connectivity index (χ2v) is 4.88. The van der Waals surface area contributed by atoms with Crippen molar-refractivity contribution < 1.29 is 27.4 Å². The highest BCUT2D eigenvalue weighted by molar-refractivity contribution is 5.78. The molecule has 0 aromatic heterocycles. The van der Waals surface area contributed by atoms with Crippen LogP contribution in [-0.4, -0.2) is 43.8 Å². The quantitative estimate of drug-likeness (QED) is 0.676. The van der Waals surface area contributed by atoms with Gasteiger partial charge in [-0.05, 0) is 24.6 Å². The summed E-state index contributed by atoms with van der Waals surface area (Å²) < 4.78 is 48.0. The van der Waals surface area contributed by atoms with E-state index in [4.69, 9.17) is 9.47 Å². The molecule has 0 aliphatic rings. The third-order valence-electron chi connectivity index (χ3n) is 2.97. The fraction of sp³-hybridized carbons (Fsp3) is 0.353. The van der Waals surface area contributed by atoms with Crippen molar-refractivity contribution in [2.75, 3.05) is 26.8 Å². The summed E-state index contributed by atoms with van der Waals surface area (Å²) in [6, 6.07) is 5.06. The maximum Gasteiger partial charge on any atom is 0.406 e. The van der Waals surface area contributed by atoms with Crippen molar-refractivity contribution in [3.05, 3.63) is 42.5 Å². The van der Waals surface area contributed by atoms with Gasteiger partial charge >= 0.3 is 6.18 Å². The lowest BCUT2D eigenvalue weighted by Crippen LogP contribution is -2.41. The van der Waals surface area contributed by atoms with E-state index in [1.165, 1.54) is 13.2 Å². The molecule has 0 saturated heterocycles. The Kier molecular flexibility index (Phi) is 7.35. The van der Waals surface area contributed by atoms with Crippen molar-refractivity contribution in [1.29, 1.82) is 0 Å². The number of halogens is 3. The average molecular weight is 343 g/mol. The fourth-order valence-corrected chi connectivity index (χ4v) is 1.96. The lowest BCUT2D eigenvalue weighted by atomic mass is 10.2. The van der Waals surface area contributed by atoms with Crippen LogP contribution in [0.1, 0.15) is 12.5 Å². The minimum absolute atomic E-state index is 0.209. The van der Waals surface area contributed by atoms with Gasteiger partial charge in [0.05, 0.1) is 7.11 Å². The monoisotopic (exact) mass is 343 g/mol. The Labute approximate surface area is 139 Å². The smallest absolute Gasteiger partial charge is 0.406 e. The van der Waals surface area contributed by atoms with Crippen LogP contribution in [0.2, 0.25) is 0 Å². The van der Waals surface area contributed by atoms with Crippen LogP contribution < -0.4 is 9.47 Å². The van der Waals surface area contributed by atoms with Gasteiger partial charge in [0, 0.05) is 6.54 Å². The van der Waals surface area contributed by atoms with Crippen LogP contribution in [0.25, 0.3) is 6.08 Å². The van der Waals surface area contributed by atoms with Gasteiger partial charge in [-0.3, -0.25) is 4.79 Å². The molecule has 4 nitrogen and oxygen atoms in total. The highest BCUT2D eigenvalue weighted by atomic mass is 19.4. The molecule has 0 unspecified atom stereocenters. The maximum atomic E-state index is 12.5. The molecule has 0 bridgehead atoms. The predicted molar refractivity (Wildman–Crippen MR) is 86.0 cm³/mol. The molecule has 1 aromatic carbocycles. The van der Waals surface area contributed by atoms with Gasteiger partial charge in [-0.15, -0.1) is 6.58 Å². The van der Waals surface area contributed by atoms with Gasteiger partial charge in [0.25, 0.3) is 5.91 Å². The molecular formula is C17H20F3NO3. The number of benzene rings is 1. The average Bonchev–Trinajstić information content (AvgIpc) is 2.51. The van der Waals surface area contributed by atoms with Crippen LogP contribution in [0.5, 0.6) is 11.5 Å². The van der Waals surface area contributed by atoms with E-state index in [1.807, 2.05) is 19.1 Å². The van der Waals surface area contributed by atoms with Gasteiger partial charge in [-0.1, -0.05) is 24.3 Å². The number of alkyl halides is 3. The number of rotatable bonds is 8. The number of amides is 1. The number of ether oxygens (including phenoxy) is 2. The van der Waals surface area contributed by atoms with Gasteiger partial charge in [0.1, 0.15) is 6.54 Å². The molecular weight excluding hydrogens is 323 g/mol. The molecule has 0 aliphatic carbocycles. The van der Waals surface area contributed by atoms with Crippen molar-refractivity contribution in [3.63, 3.8) is 0 Å².